The number of guanidine groups is 1. The van der Waals surface area contributed by atoms with E-state index in [1.54, 1.807) is 29.2 Å². The standard InChI is InChI=1S/C20H24F2N4O3.HI/c1-2-23-20(24-14-15-5-3-6-16(13-15)29-19(21)22)26-10-8-25(9-11-26)18(27)17-7-4-12-28-17;/h3-7,12-13,19H,2,8-11,14H2,1H3,(H,23,24);1H. The Hall–Kier alpha value is -2.37. The third kappa shape index (κ3) is 6.57. The maximum atomic E-state index is 12.4. The van der Waals surface area contributed by atoms with E-state index in [1.165, 1.54) is 12.3 Å². The van der Waals surface area contributed by atoms with E-state index in [0.29, 0.717) is 45.0 Å². The summed E-state index contributed by atoms with van der Waals surface area (Å²) >= 11 is 0. The van der Waals surface area contributed by atoms with E-state index >= 15 is 0 Å². The second kappa shape index (κ2) is 11.7. The van der Waals surface area contributed by atoms with Crippen LogP contribution in [0.4, 0.5) is 8.78 Å². The summed E-state index contributed by atoms with van der Waals surface area (Å²) in [7, 11) is 0. The molecule has 1 aliphatic heterocycles. The van der Waals surface area contributed by atoms with Gasteiger partial charge < -0.3 is 24.3 Å². The van der Waals surface area contributed by atoms with Gasteiger partial charge in [-0.1, -0.05) is 12.1 Å². The number of aliphatic imine (C=N–C) groups is 1. The van der Waals surface area contributed by atoms with Gasteiger partial charge in [-0.25, -0.2) is 4.99 Å². The third-order valence-corrected chi connectivity index (χ3v) is 4.47. The largest absolute Gasteiger partial charge is 0.459 e. The molecule has 1 aliphatic rings. The number of amides is 1. The van der Waals surface area contributed by atoms with Crippen LogP contribution in [-0.4, -0.2) is 61.0 Å². The molecule has 0 saturated carbocycles. The fourth-order valence-electron chi connectivity index (χ4n) is 3.09. The van der Waals surface area contributed by atoms with Crippen molar-refractivity contribution in [2.24, 2.45) is 4.99 Å². The number of carbonyl (C=O) groups excluding carboxylic acids is 1. The average molecular weight is 534 g/mol. The number of halogens is 3. The van der Waals surface area contributed by atoms with Crippen molar-refractivity contribution >= 4 is 35.8 Å². The van der Waals surface area contributed by atoms with Gasteiger partial charge in [0, 0.05) is 32.7 Å². The molecule has 2 aromatic rings. The van der Waals surface area contributed by atoms with Crippen LogP contribution in [0, 0.1) is 0 Å². The van der Waals surface area contributed by atoms with Crippen molar-refractivity contribution in [1.29, 1.82) is 0 Å². The predicted molar refractivity (Wildman–Crippen MR) is 119 cm³/mol. The lowest BCUT2D eigenvalue weighted by molar-refractivity contribution is -0.0498. The monoisotopic (exact) mass is 534 g/mol. The molecule has 1 aromatic heterocycles. The molecule has 0 aliphatic carbocycles. The van der Waals surface area contributed by atoms with Gasteiger partial charge in [0.05, 0.1) is 12.8 Å². The summed E-state index contributed by atoms with van der Waals surface area (Å²) in [5, 5.41) is 3.24. The lowest BCUT2D eigenvalue weighted by Gasteiger charge is -2.36. The Bertz CT molecular complexity index is 825. The highest BCUT2D eigenvalue weighted by molar-refractivity contribution is 14.0. The number of nitrogens with one attached hydrogen (secondary N) is 1. The molecule has 1 N–H and O–H groups in total. The van der Waals surface area contributed by atoms with E-state index in [9.17, 15) is 13.6 Å². The first-order valence-electron chi connectivity index (χ1n) is 9.46. The first-order chi connectivity index (χ1) is 14.1. The third-order valence-electron chi connectivity index (χ3n) is 4.47. The summed E-state index contributed by atoms with van der Waals surface area (Å²) in [4.78, 5) is 20.8. The van der Waals surface area contributed by atoms with E-state index in [1.807, 2.05) is 13.0 Å². The summed E-state index contributed by atoms with van der Waals surface area (Å²) in [6, 6.07) is 9.87. The quantitative estimate of drug-likeness (QED) is 0.350. The van der Waals surface area contributed by atoms with Crippen LogP contribution in [0.3, 0.4) is 0 Å². The minimum atomic E-state index is -2.86. The number of piperazine rings is 1. The number of carbonyl (C=O) groups is 1. The normalized spacial score (nSPS) is 14.5. The summed E-state index contributed by atoms with van der Waals surface area (Å²) in [5.74, 6) is 1.05. The SMILES string of the molecule is CCNC(=NCc1cccc(OC(F)F)c1)N1CCN(C(=O)c2ccco2)CC1.I. The molecular weight excluding hydrogens is 509 g/mol. The Morgan fingerprint density at radius 2 is 1.93 bits per heavy atom. The molecule has 1 amide bonds. The second-order valence-corrected chi connectivity index (χ2v) is 6.45. The van der Waals surface area contributed by atoms with Crippen LogP contribution in [0.2, 0.25) is 0 Å². The Morgan fingerprint density at radius 1 is 1.20 bits per heavy atom. The molecule has 2 heterocycles. The molecule has 3 rings (SSSR count). The zero-order valence-electron chi connectivity index (χ0n) is 16.6. The molecule has 1 saturated heterocycles. The average Bonchev–Trinajstić information content (AvgIpc) is 3.25. The van der Waals surface area contributed by atoms with Crippen LogP contribution in [0.15, 0.2) is 52.1 Å². The van der Waals surface area contributed by atoms with Gasteiger partial charge in [-0.3, -0.25) is 4.79 Å². The van der Waals surface area contributed by atoms with Gasteiger partial charge in [0.1, 0.15) is 5.75 Å². The summed E-state index contributed by atoms with van der Waals surface area (Å²) in [6.45, 7) is 2.52. The minimum Gasteiger partial charge on any atom is -0.459 e. The maximum absolute atomic E-state index is 12.4. The molecule has 0 radical (unpaired) electrons. The van der Waals surface area contributed by atoms with Crippen molar-refractivity contribution in [3.8, 4) is 5.75 Å². The number of hydrogen-bond acceptors (Lipinski definition) is 4. The number of ether oxygens (including phenoxy) is 1. The first-order valence-corrected chi connectivity index (χ1v) is 9.46. The number of rotatable bonds is 6. The maximum Gasteiger partial charge on any atom is 0.387 e. The topological polar surface area (TPSA) is 70.3 Å². The molecule has 0 spiro atoms. The molecule has 7 nitrogen and oxygen atoms in total. The van der Waals surface area contributed by atoms with Gasteiger partial charge in [0.15, 0.2) is 11.7 Å². The fourth-order valence-corrected chi connectivity index (χ4v) is 3.09. The zero-order valence-corrected chi connectivity index (χ0v) is 18.9. The van der Waals surface area contributed by atoms with E-state index < -0.39 is 6.61 Å². The van der Waals surface area contributed by atoms with E-state index in [0.717, 1.165) is 11.5 Å². The van der Waals surface area contributed by atoms with E-state index in [2.05, 4.69) is 19.9 Å². The molecule has 1 aromatic carbocycles. The predicted octanol–water partition coefficient (Wildman–Crippen LogP) is 3.42. The van der Waals surface area contributed by atoms with Crippen LogP contribution in [0.1, 0.15) is 23.0 Å². The highest BCUT2D eigenvalue weighted by atomic mass is 127. The molecule has 164 valence electrons. The van der Waals surface area contributed by atoms with Gasteiger partial charge in [0.2, 0.25) is 0 Å². The Balaban J connectivity index is 0.00000320. The van der Waals surface area contributed by atoms with Gasteiger partial charge in [-0.2, -0.15) is 8.78 Å². The number of furan rings is 1. The van der Waals surface area contributed by atoms with Crippen LogP contribution in [0.25, 0.3) is 0 Å². The van der Waals surface area contributed by atoms with Gasteiger partial charge in [-0.15, -0.1) is 24.0 Å². The smallest absolute Gasteiger partial charge is 0.387 e. The van der Waals surface area contributed by atoms with Crippen LogP contribution < -0.4 is 10.1 Å². The number of benzene rings is 1. The van der Waals surface area contributed by atoms with Crippen molar-refractivity contribution in [2.45, 2.75) is 20.1 Å². The molecular formula is C20H25F2IN4O3. The van der Waals surface area contributed by atoms with Crippen molar-refractivity contribution in [1.82, 2.24) is 15.1 Å². The summed E-state index contributed by atoms with van der Waals surface area (Å²) in [5.41, 5.74) is 0.769. The van der Waals surface area contributed by atoms with Gasteiger partial charge in [0.25, 0.3) is 5.91 Å². The molecule has 0 bridgehead atoms. The lowest BCUT2D eigenvalue weighted by atomic mass is 10.2. The highest BCUT2D eigenvalue weighted by Gasteiger charge is 2.25. The molecule has 10 heteroatoms. The second-order valence-electron chi connectivity index (χ2n) is 6.45. The van der Waals surface area contributed by atoms with Crippen LogP contribution in [-0.2, 0) is 6.54 Å². The molecule has 1 fully saturated rings. The van der Waals surface area contributed by atoms with Crippen LogP contribution >= 0.6 is 24.0 Å². The van der Waals surface area contributed by atoms with Crippen molar-refractivity contribution in [2.75, 3.05) is 32.7 Å². The number of nitrogens with zero attached hydrogens (tertiary/aromatic N) is 3. The van der Waals surface area contributed by atoms with E-state index in [4.69, 9.17) is 4.42 Å². The highest BCUT2D eigenvalue weighted by Crippen LogP contribution is 2.17. The lowest BCUT2D eigenvalue weighted by Crippen LogP contribution is -2.53. The van der Waals surface area contributed by atoms with Gasteiger partial charge in [-0.05, 0) is 36.8 Å². The summed E-state index contributed by atoms with van der Waals surface area (Å²) in [6.07, 6.45) is 1.49. The molecule has 0 atom stereocenters. The Morgan fingerprint density at radius 3 is 2.57 bits per heavy atom. The fraction of sp³-hybridized carbons (Fsp3) is 0.400. The zero-order chi connectivity index (χ0) is 20.6. The molecule has 0 unspecified atom stereocenters. The molecule has 30 heavy (non-hydrogen) atoms. The number of hydrogen-bond donors (Lipinski definition) is 1. The first kappa shape index (κ1) is 23.9. The summed E-state index contributed by atoms with van der Waals surface area (Å²) < 4.78 is 34.4. The van der Waals surface area contributed by atoms with Crippen molar-refractivity contribution < 1.29 is 22.7 Å². The Labute approximate surface area is 191 Å². The van der Waals surface area contributed by atoms with Gasteiger partial charge >= 0.3 is 6.61 Å². The van der Waals surface area contributed by atoms with Crippen molar-refractivity contribution in [3.63, 3.8) is 0 Å². The van der Waals surface area contributed by atoms with E-state index in [-0.39, 0.29) is 35.6 Å². The number of alkyl halides is 2. The Kier molecular flexibility index (Phi) is 9.34. The van der Waals surface area contributed by atoms with Crippen LogP contribution in [0.5, 0.6) is 5.75 Å². The minimum absolute atomic E-state index is 0. The van der Waals surface area contributed by atoms with Crippen molar-refractivity contribution in [3.05, 3.63) is 54.0 Å².